The molecule has 0 amide bonds. The Morgan fingerprint density at radius 1 is 1.19 bits per heavy atom. The van der Waals surface area contributed by atoms with Crippen molar-refractivity contribution in [2.75, 3.05) is 0 Å². The predicted molar refractivity (Wildman–Crippen MR) is 77.3 cm³/mol. The van der Waals surface area contributed by atoms with Crippen LogP contribution in [0, 0.1) is 31.0 Å². The molecule has 2 rings (SSSR count). The van der Waals surface area contributed by atoms with Gasteiger partial charge in [-0.05, 0) is 48.7 Å². The molecule has 2 aromatic rings. The third-order valence-corrected chi connectivity index (χ3v) is 3.26. The third-order valence-electron chi connectivity index (χ3n) is 3.26. The Hall–Kier alpha value is -2.38. The molecule has 0 fully saturated rings. The molecule has 1 N–H and O–H groups in total. The number of hydrogen-bond acceptors (Lipinski definition) is 3. The molecule has 4 heteroatoms. The molecule has 0 heterocycles. The summed E-state index contributed by atoms with van der Waals surface area (Å²) < 4.78 is 19.0. The van der Waals surface area contributed by atoms with Crippen LogP contribution < -0.4 is 4.74 Å². The van der Waals surface area contributed by atoms with E-state index < -0.39 is 5.82 Å². The zero-order valence-electron chi connectivity index (χ0n) is 12.0. The minimum Gasteiger partial charge on any atom is -0.488 e. The number of ether oxygens (including phenoxy) is 1. The first-order valence-corrected chi connectivity index (χ1v) is 6.57. The number of aryl methyl sites for hydroxylation is 2. The number of hydrogen-bond donors (Lipinski definition) is 1. The number of halogens is 1. The summed E-state index contributed by atoms with van der Waals surface area (Å²) in [6.45, 7) is 3.88. The van der Waals surface area contributed by atoms with Crippen LogP contribution in [0.2, 0.25) is 0 Å². The highest BCUT2D eigenvalue weighted by Crippen LogP contribution is 2.26. The van der Waals surface area contributed by atoms with Gasteiger partial charge in [0.15, 0.2) is 0 Å². The highest BCUT2D eigenvalue weighted by Gasteiger charge is 2.09. The van der Waals surface area contributed by atoms with Crippen LogP contribution in [0.1, 0.15) is 27.8 Å². The van der Waals surface area contributed by atoms with Gasteiger partial charge in [-0.25, -0.2) is 4.39 Å². The first-order valence-electron chi connectivity index (χ1n) is 6.57. The molecular weight excluding hydrogens is 269 g/mol. The fraction of sp³-hybridized carbons (Fsp3) is 0.235. The maximum absolute atomic E-state index is 13.3. The average molecular weight is 285 g/mol. The lowest BCUT2D eigenvalue weighted by atomic mass is 10.1. The Labute approximate surface area is 123 Å². The van der Waals surface area contributed by atoms with E-state index in [4.69, 9.17) is 15.1 Å². The van der Waals surface area contributed by atoms with Gasteiger partial charge in [0.25, 0.3) is 0 Å². The zero-order valence-corrected chi connectivity index (χ0v) is 12.0. The van der Waals surface area contributed by atoms with Crippen molar-refractivity contribution in [1.82, 2.24) is 0 Å². The van der Waals surface area contributed by atoms with E-state index >= 15 is 0 Å². The molecule has 0 unspecified atom stereocenters. The van der Waals surface area contributed by atoms with Crippen LogP contribution in [0.15, 0.2) is 30.3 Å². The minimum atomic E-state index is -0.392. The molecule has 0 radical (unpaired) electrons. The lowest BCUT2D eigenvalue weighted by molar-refractivity contribution is 0.280. The summed E-state index contributed by atoms with van der Waals surface area (Å²) in [5.41, 5.74) is 3.53. The van der Waals surface area contributed by atoms with E-state index in [0.717, 1.165) is 16.7 Å². The standard InChI is InChI=1S/C17H16FNO2/c1-11-5-13(9-20)6-12(2)17(11)21-10-15-7-16(18)4-3-14(15)8-19/h3-7,20H,9-10H2,1-2H3. The molecule has 0 bridgehead atoms. The van der Waals surface area contributed by atoms with Gasteiger partial charge in [-0.2, -0.15) is 5.26 Å². The first kappa shape index (κ1) is 15.0. The first-order chi connectivity index (χ1) is 10.0. The molecule has 0 saturated heterocycles. The number of rotatable bonds is 4. The Balaban J connectivity index is 2.25. The van der Waals surface area contributed by atoms with E-state index in [2.05, 4.69) is 0 Å². The van der Waals surface area contributed by atoms with Crippen LogP contribution in [0.4, 0.5) is 4.39 Å². The van der Waals surface area contributed by atoms with Crippen LogP contribution >= 0.6 is 0 Å². The summed E-state index contributed by atoms with van der Waals surface area (Å²) in [6, 6.07) is 9.74. The van der Waals surface area contributed by atoms with Crippen molar-refractivity contribution in [2.45, 2.75) is 27.1 Å². The second-order valence-electron chi connectivity index (χ2n) is 4.92. The van der Waals surface area contributed by atoms with Crippen LogP contribution in [0.5, 0.6) is 5.75 Å². The van der Waals surface area contributed by atoms with Crippen molar-refractivity contribution in [3.63, 3.8) is 0 Å². The fourth-order valence-corrected chi connectivity index (χ4v) is 2.30. The topological polar surface area (TPSA) is 53.2 Å². The van der Waals surface area contributed by atoms with Gasteiger partial charge in [0, 0.05) is 5.56 Å². The van der Waals surface area contributed by atoms with E-state index in [0.29, 0.717) is 16.9 Å². The summed E-state index contributed by atoms with van der Waals surface area (Å²) in [6.07, 6.45) is 0. The zero-order chi connectivity index (χ0) is 15.4. The smallest absolute Gasteiger partial charge is 0.125 e. The number of aliphatic hydroxyl groups excluding tert-OH is 1. The SMILES string of the molecule is Cc1cc(CO)cc(C)c1OCc1cc(F)ccc1C#N. The van der Waals surface area contributed by atoms with Crippen molar-refractivity contribution in [1.29, 1.82) is 5.26 Å². The summed E-state index contributed by atoms with van der Waals surface area (Å²) >= 11 is 0. The van der Waals surface area contributed by atoms with Gasteiger partial charge in [-0.15, -0.1) is 0 Å². The summed E-state index contributed by atoms with van der Waals surface area (Å²) in [5, 5.41) is 18.2. The molecule has 0 saturated carbocycles. The maximum Gasteiger partial charge on any atom is 0.125 e. The Morgan fingerprint density at radius 2 is 1.86 bits per heavy atom. The highest BCUT2D eigenvalue weighted by atomic mass is 19.1. The minimum absolute atomic E-state index is 0.0234. The van der Waals surface area contributed by atoms with E-state index in [1.807, 2.05) is 32.0 Å². The Kier molecular flexibility index (Phi) is 4.56. The van der Waals surface area contributed by atoms with Gasteiger partial charge >= 0.3 is 0 Å². The van der Waals surface area contributed by atoms with Crippen LogP contribution in [0.25, 0.3) is 0 Å². The molecule has 108 valence electrons. The summed E-state index contributed by atoms with van der Waals surface area (Å²) in [7, 11) is 0. The monoisotopic (exact) mass is 285 g/mol. The lowest BCUT2D eigenvalue weighted by Crippen LogP contribution is -2.02. The Morgan fingerprint density at radius 3 is 2.43 bits per heavy atom. The summed E-state index contributed by atoms with van der Waals surface area (Å²) in [5.74, 6) is 0.303. The molecule has 0 spiro atoms. The number of aliphatic hydroxyl groups is 1. The third kappa shape index (κ3) is 3.39. The van der Waals surface area contributed by atoms with Crippen molar-refractivity contribution < 1.29 is 14.2 Å². The van der Waals surface area contributed by atoms with E-state index in [1.54, 1.807) is 0 Å². The fourth-order valence-electron chi connectivity index (χ4n) is 2.30. The summed E-state index contributed by atoms with van der Waals surface area (Å²) in [4.78, 5) is 0. The molecule has 0 aliphatic carbocycles. The van der Waals surface area contributed by atoms with Gasteiger partial charge in [-0.3, -0.25) is 0 Å². The largest absolute Gasteiger partial charge is 0.488 e. The van der Waals surface area contributed by atoms with Gasteiger partial charge in [0.1, 0.15) is 18.2 Å². The van der Waals surface area contributed by atoms with Crippen molar-refractivity contribution in [2.24, 2.45) is 0 Å². The second-order valence-corrected chi connectivity index (χ2v) is 4.92. The predicted octanol–water partition coefficient (Wildman–Crippen LogP) is 3.39. The molecule has 0 atom stereocenters. The number of nitrogens with zero attached hydrogens (tertiary/aromatic N) is 1. The van der Waals surface area contributed by atoms with Gasteiger partial charge in [0.2, 0.25) is 0 Å². The average Bonchev–Trinajstić information content (AvgIpc) is 2.46. The number of nitriles is 1. The molecule has 0 aromatic heterocycles. The molecular formula is C17H16FNO2. The van der Waals surface area contributed by atoms with E-state index in [1.165, 1.54) is 18.2 Å². The van der Waals surface area contributed by atoms with Crippen LogP contribution in [0.3, 0.4) is 0 Å². The quantitative estimate of drug-likeness (QED) is 0.936. The molecule has 0 aliphatic heterocycles. The molecule has 21 heavy (non-hydrogen) atoms. The number of benzene rings is 2. The second kappa shape index (κ2) is 6.38. The maximum atomic E-state index is 13.3. The molecule has 3 nitrogen and oxygen atoms in total. The van der Waals surface area contributed by atoms with Gasteiger partial charge in [-0.1, -0.05) is 12.1 Å². The van der Waals surface area contributed by atoms with Gasteiger partial charge in [0.05, 0.1) is 18.2 Å². The van der Waals surface area contributed by atoms with E-state index in [9.17, 15) is 4.39 Å². The van der Waals surface area contributed by atoms with Crippen LogP contribution in [-0.2, 0) is 13.2 Å². The normalized spacial score (nSPS) is 10.2. The van der Waals surface area contributed by atoms with E-state index in [-0.39, 0.29) is 13.2 Å². The van der Waals surface area contributed by atoms with Crippen molar-refractivity contribution in [3.8, 4) is 11.8 Å². The lowest BCUT2D eigenvalue weighted by Gasteiger charge is -2.14. The molecule has 2 aromatic carbocycles. The van der Waals surface area contributed by atoms with Crippen molar-refractivity contribution >= 4 is 0 Å². The van der Waals surface area contributed by atoms with Crippen molar-refractivity contribution in [3.05, 3.63) is 64.0 Å². The molecule has 0 aliphatic rings. The van der Waals surface area contributed by atoms with Gasteiger partial charge < -0.3 is 9.84 Å². The Bertz CT molecular complexity index is 681. The van der Waals surface area contributed by atoms with Crippen LogP contribution in [-0.4, -0.2) is 5.11 Å². The highest BCUT2D eigenvalue weighted by molar-refractivity contribution is 5.44.